The van der Waals surface area contributed by atoms with Crippen molar-refractivity contribution in [3.05, 3.63) is 23.8 Å². The van der Waals surface area contributed by atoms with Gasteiger partial charge in [-0.1, -0.05) is 0 Å². The molecule has 2 rings (SSSR count). The minimum absolute atomic E-state index is 0.0316. The lowest BCUT2D eigenvalue weighted by Gasteiger charge is -2.17. The maximum absolute atomic E-state index is 12.4. The van der Waals surface area contributed by atoms with Crippen molar-refractivity contribution >= 4 is 21.7 Å². The van der Waals surface area contributed by atoms with Gasteiger partial charge in [0.25, 0.3) is 0 Å². The van der Waals surface area contributed by atoms with Crippen LogP contribution in [-0.2, 0) is 10.0 Å². The molecule has 8 heteroatoms. The van der Waals surface area contributed by atoms with Crippen molar-refractivity contribution < 1.29 is 23.4 Å². The third-order valence-corrected chi connectivity index (χ3v) is 4.89. The highest BCUT2D eigenvalue weighted by atomic mass is 32.2. The van der Waals surface area contributed by atoms with Crippen LogP contribution in [0.4, 0.5) is 5.69 Å². The number of benzene rings is 1. The first-order valence-corrected chi connectivity index (χ1v) is 7.07. The van der Waals surface area contributed by atoms with Crippen molar-refractivity contribution in [1.82, 2.24) is 4.31 Å². The molecule has 4 N–H and O–H groups in total. The molecule has 1 aliphatic heterocycles. The first kappa shape index (κ1) is 13.8. The van der Waals surface area contributed by atoms with Gasteiger partial charge < -0.3 is 15.9 Å². The number of sulfonamides is 1. The Kier molecular flexibility index (Phi) is 3.48. The predicted octanol–water partition coefficient (Wildman–Crippen LogP) is -0.278. The number of carboxylic acids is 1. The van der Waals surface area contributed by atoms with Crippen LogP contribution in [0, 0.1) is 0 Å². The molecule has 1 unspecified atom stereocenters. The summed E-state index contributed by atoms with van der Waals surface area (Å²) >= 11 is 0. The zero-order valence-corrected chi connectivity index (χ0v) is 10.8. The highest BCUT2D eigenvalue weighted by Crippen LogP contribution is 2.26. The van der Waals surface area contributed by atoms with Gasteiger partial charge in [0.2, 0.25) is 10.0 Å². The number of aliphatic hydroxyl groups is 1. The smallest absolute Gasteiger partial charge is 0.337 e. The molecule has 1 fully saturated rings. The molecule has 1 heterocycles. The number of aliphatic hydroxyl groups excluding tert-OH is 1. The summed E-state index contributed by atoms with van der Waals surface area (Å²) in [5.41, 5.74) is 5.37. The Morgan fingerprint density at radius 2 is 2.11 bits per heavy atom. The minimum Gasteiger partial charge on any atom is -0.478 e. The van der Waals surface area contributed by atoms with Gasteiger partial charge in [0.15, 0.2) is 0 Å². The van der Waals surface area contributed by atoms with Crippen LogP contribution < -0.4 is 5.73 Å². The monoisotopic (exact) mass is 286 g/mol. The van der Waals surface area contributed by atoms with E-state index in [9.17, 15) is 18.3 Å². The number of carbonyl (C=O) groups is 1. The molecule has 1 saturated heterocycles. The SMILES string of the molecule is Nc1ccc(C(=O)O)c(S(=O)(=O)N2CCC(O)C2)c1. The molecule has 0 aliphatic carbocycles. The van der Waals surface area contributed by atoms with E-state index in [4.69, 9.17) is 10.8 Å². The highest BCUT2D eigenvalue weighted by Gasteiger charge is 2.34. The summed E-state index contributed by atoms with van der Waals surface area (Å²) in [5, 5.41) is 18.4. The second-order valence-electron chi connectivity index (χ2n) is 4.37. The Morgan fingerprint density at radius 3 is 2.63 bits per heavy atom. The van der Waals surface area contributed by atoms with Crippen molar-refractivity contribution in [2.45, 2.75) is 17.4 Å². The second-order valence-corrected chi connectivity index (χ2v) is 6.27. The molecule has 0 spiro atoms. The third-order valence-electron chi connectivity index (χ3n) is 2.98. The molecule has 1 aromatic rings. The Hall–Kier alpha value is -1.64. The molecule has 7 nitrogen and oxygen atoms in total. The molecule has 1 aliphatic rings. The number of aromatic carboxylic acids is 1. The summed E-state index contributed by atoms with van der Waals surface area (Å²) in [6, 6.07) is 3.63. The molecular formula is C11H14N2O5S. The topological polar surface area (TPSA) is 121 Å². The quantitative estimate of drug-likeness (QED) is 0.657. The van der Waals surface area contributed by atoms with E-state index in [0.29, 0.717) is 6.42 Å². The van der Waals surface area contributed by atoms with E-state index in [0.717, 1.165) is 16.4 Å². The molecule has 0 radical (unpaired) electrons. The molecule has 0 saturated carbocycles. The van der Waals surface area contributed by atoms with Crippen LogP contribution in [0.15, 0.2) is 23.1 Å². The number of nitrogens with zero attached hydrogens (tertiary/aromatic N) is 1. The number of anilines is 1. The number of rotatable bonds is 3. The van der Waals surface area contributed by atoms with E-state index in [2.05, 4.69) is 0 Å². The number of nitrogens with two attached hydrogens (primary N) is 1. The largest absolute Gasteiger partial charge is 0.478 e. The van der Waals surface area contributed by atoms with Gasteiger partial charge in [-0.3, -0.25) is 0 Å². The van der Waals surface area contributed by atoms with E-state index < -0.39 is 22.1 Å². The van der Waals surface area contributed by atoms with E-state index in [1.807, 2.05) is 0 Å². The molecule has 0 amide bonds. The van der Waals surface area contributed by atoms with Gasteiger partial charge in [0.1, 0.15) is 0 Å². The minimum atomic E-state index is -3.96. The van der Waals surface area contributed by atoms with Gasteiger partial charge in [0.05, 0.1) is 16.6 Å². The summed E-state index contributed by atoms with van der Waals surface area (Å²) in [6.45, 7) is 0.132. The fourth-order valence-electron chi connectivity index (χ4n) is 2.00. The Morgan fingerprint density at radius 1 is 1.42 bits per heavy atom. The Balaban J connectivity index is 2.51. The normalized spacial score (nSPS) is 20.6. The van der Waals surface area contributed by atoms with Gasteiger partial charge in [0, 0.05) is 18.8 Å². The van der Waals surface area contributed by atoms with E-state index in [-0.39, 0.29) is 29.2 Å². The lowest BCUT2D eigenvalue weighted by atomic mass is 10.2. The molecule has 0 aromatic heterocycles. The van der Waals surface area contributed by atoms with Crippen LogP contribution in [0.1, 0.15) is 16.8 Å². The van der Waals surface area contributed by atoms with Gasteiger partial charge in [-0.05, 0) is 24.6 Å². The maximum Gasteiger partial charge on any atom is 0.337 e. The van der Waals surface area contributed by atoms with Crippen molar-refractivity contribution in [3.8, 4) is 0 Å². The number of hydrogen-bond acceptors (Lipinski definition) is 5. The predicted molar refractivity (Wildman–Crippen MR) is 67.2 cm³/mol. The standard InChI is InChI=1S/C11H14N2O5S/c12-7-1-2-9(11(15)16)10(5-7)19(17,18)13-4-3-8(14)6-13/h1-2,5,8,14H,3-4,6,12H2,(H,15,16). The van der Waals surface area contributed by atoms with Crippen LogP contribution in [-0.4, -0.2) is 48.1 Å². The summed E-state index contributed by atoms with van der Waals surface area (Å²) in [7, 11) is -3.96. The van der Waals surface area contributed by atoms with Gasteiger partial charge >= 0.3 is 5.97 Å². The van der Waals surface area contributed by atoms with Crippen molar-refractivity contribution in [3.63, 3.8) is 0 Å². The maximum atomic E-state index is 12.4. The molecule has 19 heavy (non-hydrogen) atoms. The molecule has 1 atom stereocenters. The Bertz CT molecular complexity index is 614. The lowest BCUT2D eigenvalue weighted by Crippen LogP contribution is -2.31. The molecule has 1 aromatic carbocycles. The number of carboxylic acid groups (broad SMARTS) is 1. The van der Waals surface area contributed by atoms with Crippen LogP contribution >= 0.6 is 0 Å². The highest BCUT2D eigenvalue weighted by molar-refractivity contribution is 7.89. The summed E-state index contributed by atoms with van der Waals surface area (Å²) in [6.07, 6.45) is -0.381. The van der Waals surface area contributed by atoms with Gasteiger partial charge in [-0.15, -0.1) is 0 Å². The summed E-state index contributed by atoms with van der Waals surface area (Å²) < 4.78 is 25.8. The summed E-state index contributed by atoms with van der Waals surface area (Å²) in [5.74, 6) is -1.33. The molecule has 0 bridgehead atoms. The van der Waals surface area contributed by atoms with Gasteiger partial charge in [-0.25, -0.2) is 13.2 Å². The zero-order chi connectivity index (χ0) is 14.2. The van der Waals surface area contributed by atoms with Gasteiger partial charge in [-0.2, -0.15) is 4.31 Å². The third kappa shape index (κ3) is 2.55. The zero-order valence-electron chi connectivity index (χ0n) is 9.98. The fraction of sp³-hybridized carbons (Fsp3) is 0.364. The number of nitrogen functional groups attached to an aromatic ring is 1. The van der Waals surface area contributed by atoms with Crippen LogP contribution in [0.25, 0.3) is 0 Å². The average Bonchev–Trinajstić information content (AvgIpc) is 2.76. The van der Waals surface area contributed by atoms with Crippen LogP contribution in [0.2, 0.25) is 0 Å². The number of hydrogen-bond donors (Lipinski definition) is 3. The van der Waals surface area contributed by atoms with Crippen molar-refractivity contribution in [2.75, 3.05) is 18.8 Å². The fourth-order valence-corrected chi connectivity index (χ4v) is 3.71. The molecular weight excluding hydrogens is 272 g/mol. The number of β-amino-alcohol motifs (C(OH)–C–C–N with tert-alkyl or cyclic N) is 1. The van der Waals surface area contributed by atoms with Crippen molar-refractivity contribution in [2.24, 2.45) is 0 Å². The Labute approximate surface area is 110 Å². The molecule has 104 valence electrons. The average molecular weight is 286 g/mol. The van der Waals surface area contributed by atoms with Crippen LogP contribution in [0.3, 0.4) is 0 Å². The van der Waals surface area contributed by atoms with E-state index >= 15 is 0 Å². The summed E-state index contributed by atoms with van der Waals surface area (Å²) in [4.78, 5) is 10.7. The van der Waals surface area contributed by atoms with Crippen LogP contribution in [0.5, 0.6) is 0 Å². The second kappa shape index (κ2) is 4.80. The van der Waals surface area contributed by atoms with E-state index in [1.165, 1.54) is 6.07 Å². The first-order chi connectivity index (χ1) is 8.82. The lowest BCUT2D eigenvalue weighted by molar-refractivity contribution is 0.0692. The van der Waals surface area contributed by atoms with Crippen molar-refractivity contribution in [1.29, 1.82) is 0 Å². The van der Waals surface area contributed by atoms with E-state index in [1.54, 1.807) is 0 Å². The first-order valence-electron chi connectivity index (χ1n) is 5.63.